The van der Waals surface area contributed by atoms with Gasteiger partial charge in [-0.15, -0.1) is 0 Å². The lowest BCUT2D eigenvalue weighted by molar-refractivity contribution is 0.198. The molecule has 1 aliphatic rings. The summed E-state index contributed by atoms with van der Waals surface area (Å²) in [6.45, 7) is 3.11. The number of hydrogen-bond donors (Lipinski definition) is 1. The number of carbonyl (C=O) groups is 1. The molecule has 1 N–H and O–H groups in total. The van der Waals surface area contributed by atoms with Gasteiger partial charge in [-0.3, -0.25) is 0 Å². The van der Waals surface area contributed by atoms with Crippen LogP contribution in [0.25, 0.3) is 6.08 Å². The van der Waals surface area contributed by atoms with Gasteiger partial charge in [-0.1, -0.05) is 24.6 Å². The average molecular weight is 373 g/mol. The third-order valence-electron chi connectivity index (χ3n) is 4.58. The van der Waals surface area contributed by atoms with Crippen LogP contribution in [-0.4, -0.2) is 36.1 Å². The lowest BCUT2D eigenvalue weighted by Gasteiger charge is -2.33. The number of urea groups is 1. The maximum atomic E-state index is 13.4. The summed E-state index contributed by atoms with van der Waals surface area (Å²) in [5, 5.41) is 2.82. The van der Waals surface area contributed by atoms with E-state index in [1.165, 1.54) is 13.2 Å². The fourth-order valence-electron chi connectivity index (χ4n) is 3.04. The summed E-state index contributed by atoms with van der Waals surface area (Å²) in [7, 11) is 1.53. The largest absolute Gasteiger partial charge is 0.481 e. The lowest BCUT2D eigenvalue weighted by atomic mass is 9.91. The van der Waals surface area contributed by atoms with Crippen molar-refractivity contribution in [2.75, 3.05) is 25.5 Å². The summed E-state index contributed by atoms with van der Waals surface area (Å²) in [6, 6.07) is 7.07. The topological polar surface area (TPSA) is 54.5 Å². The summed E-state index contributed by atoms with van der Waals surface area (Å²) in [4.78, 5) is 18.3. The van der Waals surface area contributed by atoms with Crippen LogP contribution in [0.1, 0.15) is 18.9 Å². The quantitative estimate of drug-likeness (QED) is 0.871. The number of nitrogens with zero attached hydrogens (tertiary/aromatic N) is 2. The Morgan fingerprint density at radius 1 is 1.30 bits per heavy atom. The second-order valence-corrected chi connectivity index (χ2v) is 6.51. The summed E-state index contributed by atoms with van der Waals surface area (Å²) in [6.07, 6.45) is 4.09. The monoisotopic (exact) mass is 373 g/mol. The van der Waals surface area contributed by atoms with E-state index in [4.69, 9.17) is 4.74 Å². The van der Waals surface area contributed by atoms with E-state index in [1.54, 1.807) is 29.3 Å². The van der Waals surface area contributed by atoms with Gasteiger partial charge in [0, 0.05) is 19.2 Å². The highest BCUT2D eigenvalue weighted by atomic mass is 19.2. The predicted molar refractivity (Wildman–Crippen MR) is 99.5 cm³/mol. The van der Waals surface area contributed by atoms with E-state index in [9.17, 15) is 13.6 Å². The van der Waals surface area contributed by atoms with Crippen molar-refractivity contribution in [2.24, 2.45) is 5.92 Å². The number of hydrogen-bond acceptors (Lipinski definition) is 3. The number of carbonyl (C=O) groups excluding carboxylic acids is 1. The molecule has 0 aliphatic carbocycles. The Labute approximate surface area is 156 Å². The van der Waals surface area contributed by atoms with Gasteiger partial charge < -0.3 is 15.0 Å². The minimum Gasteiger partial charge on any atom is -0.481 e. The number of likely N-dealkylation sites (tertiary alicyclic amines) is 1. The number of halogens is 2. The zero-order valence-electron chi connectivity index (χ0n) is 15.2. The Kier molecular flexibility index (Phi) is 5.69. The molecule has 1 fully saturated rings. The van der Waals surface area contributed by atoms with E-state index in [-0.39, 0.29) is 11.9 Å². The number of aromatic nitrogens is 1. The Morgan fingerprint density at radius 3 is 2.74 bits per heavy atom. The van der Waals surface area contributed by atoms with E-state index >= 15 is 0 Å². The molecule has 1 aliphatic heterocycles. The number of pyridine rings is 1. The number of piperidine rings is 1. The van der Waals surface area contributed by atoms with Gasteiger partial charge in [0.05, 0.1) is 19.0 Å². The Hall–Kier alpha value is -2.96. The van der Waals surface area contributed by atoms with Crippen LogP contribution < -0.4 is 10.1 Å². The van der Waals surface area contributed by atoms with E-state index in [1.807, 2.05) is 13.0 Å². The maximum Gasteiger partial charge on any atom is 0.321 e. The van der Waals surface area contributed by atoms with Gasteiger partial charge >= 0.3 is 6.03 Å². The molecule has 0 radical (unpaired) electrons. The van der Waals surface area contributed by atoms with Gasteiger partial charge in [0.15, 0.2) is 11.6 Å². The van der Waals surface area contributed by atoms with Crippen LogP contribution in [0.4, 0.5) is 19.3 Å². The number of benzene rings is 1. The molecular formula is C20H21F2N3O2. The summed E-state index contributed by atoms with van der Waals surface area (Å²) in [5.41, 5.74) is 2.32. The third kappa shape index (κ3) is 4.61. The van der Waals surface area contributed by atoms with Gasteiger partial charge in [-0.25, -0.2) is 18.6 Å². The second kappa shape index (κ2) is 8.16. The molecule has 1 aromatic carbocycles. The van der Waals surface area contributed by atoms with Crippen LogP contribution in [0.15, 0.2) is 42.1 Å². The number of rotatable bonds is 3. The summed E-state index contributed by atoms with van der Waals surface area (Å²) < 4.78 is 31.4. The number of anilines is 1. The fraction of sp³-hybridized carbons (Fsp3) is 0.300. The molecule has 2 amide bonds. The SMILES string of the molecule is COc1ccc(NC(=O)N2CC/C(=C\c3ccc(F)c(F)c3)C(C)C2)cn1. The van der Waals surface area contributed by atoms with Crippen molar-refractivity contribution in [3.63, 3.8) is 0 Å². The third-order valence-corrected chi connectivity index (χ3v) is 4.58. The van der Waals surface area contributed by atoms with E-state index in [2.05, 4.69) is 10.3 Å². The van der Waals surface area contributed by atoms with Crippen molar-refractivity contribution in [1.29, 1.82) is 0 Å². The van der Waals surface area contributed by atoms with Crippen LogP contribution in [0.2, 0.25) is 0 Å². The fourth-order valence-corrected chi connectivity index (χ4v) is 3.04. The standard InChI is InChI=1S/C20H21F2N3O2/c1-13-12-25(20(26)24-16-4-6-19(27-2)23-11-16)8-7-15(13)9-14-3-5-17(21)18(22)10-14/h3-6,9-11,13H,7-8,12H2,1-2H3,(H,24,26)/b15-9+. The molecule has 3 rings (SSSR count). The Bertz CT molecular complexity index is 853. The zero-order valence-corrected chi connectivity index (χ0v) is 15.2. The van der Waals surface area contributed by atoms with Crippen molar-refractivity contribution >= 4 is 17.8 Å². The van der Waals surface area contributed by atoms with Crippen molar-refractivity contribution in [3.8, 4) is 5.88 Å². The van der Waals surface area contributed by atoms with Gasteiger partial charge in [-0.05, 0) is 36.1 Å². The van der Waals surface area contributed by atoms with Gasteiger partial charge in [0.2, 0.25) is 5.88 Å². The molecule has 0 bridgehead atoms. The van der Waals surface area contributed by atoms with Crippen LogP contribution >= 0.6 is 0 Å². The first-order valence-electron chi connectivity index (χ1n) is 8.67. The Morgan fingerprint density at radius 2 is 2.11 bits per heavy atom. The molecule has 1 saturated heterocycles. The molecule has 2 heterocycles. The van der Waals surface area contributed by atoms with Crippen molar-refractivity contribution in [2.45, 2.75) is 13.3 Å². The summed E-state index contributed by atoms with van der Waals surface area (Å²) in [5.74, 6) is -1.12. The van der Waals surface area contributed by atoms with Gasteiger partial charge in [0.1, 0.15) is 0 Å². The number of amides is 2. The minimum atomic E-state index is -0.859. The molecule has 2 aromatic rings. The normalized spacial score (nSPS) is 18.4. The average Bonchev–Trinajstić information content (AvgIpc) is 2.67. The highest BCUT2D eigenvalue weighted by Gasteiger charge is 2.24. The smallest absolute Gasteiger partial charge is 0.321 e. The number of nitrogens with one attached hydrogen (secondary N) is 1. The molecule has 7 heteroatoms. The first-order chi connectivity index (χ1) is 13.0. The minimum absolute atomic E-state index is 0.117. The molecule has 0 spiro atoms. The highest BCUT2D eigenvalue weighted by molar-refractivity contribution is 5.89. The van der Waals surface area contributed by atoms with Crippen molar-refractivity contribution < 1.29 is 18.3 Å². The lowest BCUT2D eigenvalue weighted by Crippen LogP contribution is -2.42. The molecule has 1 unspecified atom stereocenters. The highest BCUT2D eigenvalue weighted by Crippen LogP contribution is 2.26. The van der Waals surface area contributed by atoms with E-state index in [0.29, 0.717) is 36.6 Å². The molecule has 0 saturated carbocycles. The Balaban J connectivity index is 1.62. The molecule has 27 heavy (non-hydrogen) atoms. The van der Waals surface area contributed by atoms with E-state index < -0.39 is 11.6 Å². The maximum absolute atomic E-state index is 13.4. The molecule has 1 atom stereocenters. The molecule has 142 valence electrons. The zero-order chi connectivity index (χ0) is 19.4. The second-order valence-electron chi connectivity index (χ2n) is 6.51. The van der Waals surface area contributed by atoms with Crippen LogP contribution in [0, 0.1) is 17.6 Å². The first kappa shape index (κ1) is 18.8. The van der Waals surface area contributed by atoms with Crippen LogP contribution in [-0.2, 0) is 0 Å². The molecular weight excluding hydrogens is 352 g/mol. The van der Waals surface area contributed by atoms with Crippen LogP contribution in [0.3, 0.4) is 0 Å². The van der Waals surface area contributed by atoms with Gasteiger partial charge in [-0.2, -0.15) is 0 Å². The first-order valence-corrected chi connectivity index (χ1v) is 8.67. The van der Waals surface area contributed by atoms with Crippen molar-refractivity contribution in [1.82, 2.24) is 9.88 Å². The number of methoxy groups -OCH3 is 1. The molecule has 5 nitrogen and oxygen atoms in total. The van der Waals surface area contributed by atoms with Crippen LogP contribution in [0.5, 0.6) is 5.88 Å². The molecule has 1 aromatic heterocycles. The summed E-state index contributed by atoms with van der Waals surface area (Å²) >= 11 is 0. The van der Waals surface area contributed by atoms with Crippen molar-refractivity contribution in [3.05, 3.63) is 59.3 Å². The van der Waals surface area contributed by atoms with E-state index in [0.717, 1.165) is 11.6 Å². The predicted octanol–water partition coefficient (Wildman–Crippen LogP) is 4.33. The number of ether oxygens (including phenoxy) is 1. The van der Waals surface area contributed by atoms with Gasteiger partial charge in [0.25, 0.3) is 0 Å².